The number of aryl methyl sites for hydroxylation is 1. The Balaban J connectivity index is 1.31. The van der Waals surface area contributed by atoms with E-state index >= 15 is 0 Å². The van der Waals surface area contributed by atoms with E-state index in [4.69, 9.17) is 0 Å². The van der Waals surface area contributed by atoms with Gasteiger partial charge in [0.15, 0.2) is 5.16 Å². The number of aromatic nitrogens is 5. The second-order valence-corrected chi connectivity index (χ2v) is 9.90. The molecule has 0 saturated carbocycles. The summed E-state index contributed by atoms with van der Waals surface area (Å²) in [6, 6.07) is 13.9. The average molecular weight is 496 g/mol. The molecule has 1 aliphatic rings. The van der Waals surface area contributed by atoms with Crippen LogP contribution in [-0.4, -0.2) is 44.0 Å². The molecule has 2 aromatic heterocycles. The number of benzene rings is 2. The molecule has 1 saturated heterocycles. The summed E-state index contributed by atoms with van der Waals surface area (Å²) in [5.74, 6) is 0.616. The normalized spacial score (nSPS) is 13.4. The first-order valence-corrected chi connectivity index (χ1v) is 12.7. The fourth-order valence-electron chi connectivity index (χ4n) is 3.65. The van der Waals surface area contributed by atoms with E-state index in [9.17, 15) is 9.18 Å². The molecule has 0 atom stereocenters. The van der Waals surface area contributed by atoms with Crippen molar-refractivity contribution in [3.05, 3.63) is 69.9 Å². The van der Waals surface area contributed by atoms with Crippen molar-refractivity contribution >= 4 is 40.6 Å². The topological polar surface area (TPSA) is 88.8 Å². The molecule has 174 valence electrons. The highest BCUT2D eigenvalue weighted by molar-refractivity contribution is 7.98. The summed E-state index contributed by atoms with van der Waals surface area (Å²) in [4.78, 5) is 14.7. The van der Waals surface area contributed by atoms with Crippen LogP contribution in [0.15, 0.2) is 53.7 Å². The third kappa shape index (κ3) is 4.95. The van der Waals surface area contributed by atoms with Crippen molar-refractivity contribution in [1.29, 1.82) is 0 Å². The molecule has 3 heterocycles. The van der Waals surface area contributed by atoms with E-state index < -0.39 is 0 Å². The van der Waals surface area contributed by atoms with E-state index in [0.717, 1.165) is 42.7 Å². The van der Waals surface area contributed by atoms with Gasteiger partial charge in [0.05, 0.1) is 11.4 Å². The summed E-state index contributed by atoms with van der Waals surface area (Å²) in [6.07, 6.45) is 2.30. The van der Waals surface area contributed by atoms with E-state index in [2.05, 4.69) is 66.4 Å². The second kappa shape index (κ2) is 9.90. The van der Waals surface area contributed by atoms with Crippen LogP contribution < -0.4 is 10.2 Å². The molecule has 4 aromatic rings. The first kappa shape index (κ1) is 22.5. The van der Waals surface area contributed by atoms with Crippen molar-refractivity contribution in [1.82, 2.24) is 25.0 Å². The van der Waals surface area contributed by atoms with Gasteiger partial charge in [0.2, 0.25) is 11.0 Å². The summed E-state index contributed by atoms with van der Waals surface area (Å²) < 4.78 is 15.2. The zero-order chi connectivity index (χ0) is 23.5. The van der Waals surface area contributed by atoms with Gasteiger partial charge in [-0.2, -0.15) is 0 Å². The molecule has 1 fully saturated rings. The van der Waals surface area contributed by atoms with Crippen LogP contribution in [0, 0.1) is 12.7 Å². The standard InChI is InChI=1S/C23H22FN7OS2/c1-15-4-10-18(11-5-15)31-22(30-12-2-3-13-30)28-29-23(31)33-14-19-26-27-21(34-19)20(32)25-17-8-6-16(24)7-9-17/h4-11H,2-3,12-14H2,1H3,(H,25,32). The molecular formula is C23H22FN7OS2. The smallest absolute Gasteiger partial charge is 0.286 e. The number of hydrogen-bond acceptors (Lipinski definition) is 8. The molecule has 1 amide bonds. The lowest BCUT2D eigenvalue weighted by Crippen LogP contribution is -2.22. The minimum atomic E-state index is -0.375. The number of anilines is 2. The molecule has 0 aliphatic carbocycles. The van der Waals surface area contributed by atoms with Gasteiger partial charge in [-0.05, 0) is 56.2 Å². The number of nitrogens with one attached hydrogen (secondary N) is 1. The van der Waals surface area contributed by atoms with Crippen LogP contribution in [0.1, 0.15) is 33.2 Å². The highest BCUT2D eigenvalue weighted by Crippen LogP contribution is 2.31. The van der Waals surface area contributed by atoms with Gasteiger partial charge in [-0.25, -0.2) is 4.39 Å². The molecule has 1 N–H and O–H groups in total. The fraction of sp³-hybridized carbons (Fsp3) is 0.261. The minimum absolute atomic E-state index is 0.248. The molecule has 0 bridgehead atoms. The highest BCUT2D eigenvalue weighted by atomic mass is 32.2. The van der Waals surface area contributed by atoms with Crippen molar-refractivity contribution < 1.29 is 9.18 Å². The minimum Gasteiger partial charge on any atom is -0.341 e. The number of nitrogens with zero attached hydrogens (tertiary/aromatic N) is 6. The van der Waals surface area contributed by atoms with Crippen LogP contribution in [0.3, 0.4) is 0 Å². The van der Waals surface area contributed by atoms with E-state index in [1.54, 1.807) is 0 Å². The van der Waals surface area contributed by atoms with E-state index in [1.807, 2.05) is 0 Å². The Morgan fingerprint density at radius 3 is 2.50 bits per heavy atom. The van der Waals surface area contributed by atoms with Gasteiger partial charge < -0.3 is 10.2 Å². The molecular weight excluding hydrogens is 473 g/mol. The lowest BCUT2D eigenvalue weighted by molar-refractivity contribution is 0.102. The third-order valence-electron chi connectivity index (χ3n) is 5.39. The van der Waals surface area contributed by atoms with Crippen LogP contribution in [0.4, 0.5) is 16.0 Å². The Kier molecular flexibility index (Phi) is 6.54. The monoisotopic (exact) mass is 495 g/mol. The van der Waals surface area contributed by atoms with Crippen molar-refractivity contribution in [2.24, 2.45) is 0 Å². The number of carbonyl (C=O) groups excluding carboxylic acids is 1. The molecule has 8 nitrogen and oxygen atoms in total. The fourth-order valence-corrected chi connectivity index (χ4v) is 5.31. The second-order valence-electron chi connectivity index (χ2n) is 7.90. The Bertz CT molecular complexity index is 1280. The first-order chi connectivity index (χ1) is 16.6. The van der Waals surface area contributed by atoms with Crippen LogP contribution in [-0.2, 0) is 5.75 Å². The number of halogens is 1. The van der Waals surface area contributed by atoms with Gasteiger partial charge >= 0.3 is 0 Å². The number of hydrogen-bond donors (Lipinski definition) is 1. The predicted octanol–water partition coefficient (Wildman–Crippen LogP) is 4.71. The van der Waals surface area contributed by atoms with Gasteiger partial charge in [-0.1, -0.05) is 40.8 Å². The number of carbonyl (C=O) groups is 1. The van der Waals surface area contributed by atoms with Crippen molar-refractivity contribution in [2.75, 3.05) is 23.3 Å². The zero-order valence-corrected chi connectivity index (χ0v) is 20.1. The summed E-state index contributed by atoms with van der Waals surface area (Å²) >= 11 is 2.73. The summed E-state index contributed by atoms with van der Waals surface area (Å²) in [5, 5.41) is 21.6. The van der Waals surface area contributed by atoms with Gasteiger partial charge in [0.1, 0.15) is 10.8 Å². The van der Waals surface area contributed by atoms with Gasteiger partial charge in [-0.3, -0.25) is 9.36 Å². The SMILES string of the molecule is Cc1ccc(-n2c(SCc3nnc(C(=O)Nc4ccc(F)cc4)s3)nnc2N2CCCC2)cc1. The van der Waals surface area contributed by atoms with Crippen LogP contribution in [0.2, 0.25) is 0 Å². The zero-order valence-electron chi connectivity index (χ0n) is 18.4. The molecule has 1 aliphatic heterocycles. The highest BCUT2D eigenvalue weighted by Gasteiger charge is 2.23. The van der Waals surface area contributed by atoms with Crippen LogP contribution in [0.25, 0.3) is 5.69 Å². The van der Waals surface area contributed by atoms with Crippen molar-refractivity contribution in [3.8, 4) is 5.69 Å². The van der Waals surface area contributed by atoms with Crippen molar-refractivity contribution in [3.63, 3.8) is 0 Å². The molecule has 0 spiro atoms. The predicted molar refractivity (Wildman–Crippen MR) is 131 cm³/mol. The maximum absolute atomic E-state index is 13.1. The maximum Gasteiger partial charge on any atom is 0.286 e. The Morgan fingerprint density at radius 2 is 1.76 bits per heavy atom. The third-order valence-corrected chi connectivity index (χ3v) is 7.43. The van der Waals surface area contributed by atoms with E-state index in [-0.39, 0.29) is 16.7 Å². The lowest BCUT2D eigenvalue weighted by Gasteiger charge is -2.18. The molecule has 34 heavy (non-hydrogen) atoms. The van der Waals surface area contributed by atoms with Crippen LogP contribution in [0.5, 0.6) is 0 Å². The molecule has 0 radical (unpaired) electrons. The Hall–Kier alpha value is -3.31. The number of amides is 1. The molecule has 5 rings (SSSR count). The maximum atomic E-state index is 13.1. The van der Waals surface area contributed by atoms with Crippen molar-refractivity contribution in [2.45, 2.75) is 30.7 Å². The van der Waals surface area contributed by atoms with Gasteiger partial charge in [0, 0.05) is 18.8 Å². The van der Waals surface area contributed by atoms with Gasteiger partial charge in [-0.15, -0.1) is 20.4 Å². The lowest BCUT2D eigenvalue weighted by atomic mass is 10.2. The Morgan fingerprint density at radius 1 is 1.03 bits per heavy atom. The molecule has 11 heteroatoms. The Labute approximate surface area is 204 Å². The van der Waals surface area contributed by atoms with E-state index in [0.29, 0.717) is 16.4 Å². The quantitative estimate of drug-likeness (QED) is 0.372. The number of rotatable bonds is 7. The summed E-state index contributed by atoms with van der Waals surface area (Å²) in [5.41, 5.74) is 2.70. The molecule has 2 aromatic carbocycles. The largest absolute Gasteiger partial charge is 0.341 e. The average Bonchev–Trinajstić information content (AvgIpc) is 3.60. The first-order valence-electron chi connectivity index (χ1n) is 10.9. The van der Waals surface area contributed by atoms with E-state index in [1.165, 1.54) is 52.9 Å². The van der Waals surface area contributed by atoms with Crippen LogP contribution >= 0.6 is 23.1 Å². The number of thioether (sulfide) groups is 1. The summed E-state index contributed by atoms with van der Waals surface area (Å²) in [7, 11) is 0. The van der Waals surface area contributed by atoms with Gasteiger partial charge in [0.25, 0.3) is 5.91 Å². The molecule has 0 unspecified atom stereocenters. The summed E-state index contributed by atoms with van der Waals surface area (Å²) in [6.45, 7) is 4.00.